The molecular formula is C49H61N3O7. The van der Waals surface area contributed by atoms with Crippen LogP contribution in [-0.2, 0) is 6.54 Å². The summed E-state index contributed by atoms with van der Waals surface area (Å²) in [5, 5.41) is 0. The highest BCUT2D eigenvalue weighted by atomic mass is 16.5. The van der Waals surface area contributed by atoms with Gasteiger partial charge >= 0.3 is 0 Å². The van der Waals surface area contributed by atoms with Crippen LogP contribution < -0.4 is 38.1 Å². The summed E-state index contributed by atoms with van der Waals surface area (Å²) < 4.78 is 40.1. The van der Waals surface area contributed by atoms with Crippen molar-refractivity contribution in [2.24, 2.45) is 0 Å². The summed E-state index contributed by atoms with van der Waals surface area (Å²) in [4.78, 5) is 9.92. The number of ether oxygens (including phenoxy) is 7. The molecule has 4 aromatic rings. The van der Waals surface area contributed by atoms with E-state index in [-0.39, 0.29) is 6.04 Å². The number of pyridine rings is 1. The molecule has 2 fully saturated rings. The normalized spacial score (nSPS) is 15.3. The molecule has 10 nitrogen and oxygen atoms in total. The Bertz CT molecular complexity index is 2080. The van der Waals surface area contributed by atoms with E-state index in [0.717, 1.165) is 103 Å². The second kappa shape index (κ2) is 20.4. The van der Waals surface area contributed by atoms with Crippen molar-refractivity contribution in [3.8, 4) is 51.5 Å². The molecule has 2 heterocycles. The lowest BCUT2D eigenvalue weighted by Crippen LogP contribution is -2.45. The van der Waals surface area contributed by atoms with Gasteiger partial charge in [0.1, 0.15) is 11.5 Å². The van der Waals surface area contributed by atoms with Crippen LogP contribution in [0.2, 0.25) is 0 Å². The van der Waals surface area contributed by atoms with Gasteiger partial charge in [0.15, 0.2) is 23.0 Å². The molecule has 1 saturated heterocycles. The zero-order chi connectivity index (χ0) is 41.9. The number of nitrogens with zero attached hydrogens (tertiary/aromatic N) is 3. The minimum absolute atomic E-state index is 0.283. The van der Waals surface area contributed by atoms with E-state index in [1.807, 2.05) is 30.5 Å². The highest BCUT2D eigenvalue weighted by Gasteiger charge is 2.30. The average Bonchev–Trinajstić information content (AvgIpc) is 4.13. The van der Waals surface area contributed by atoms with Crippen molar-refractivity contribution in [3.63, 3.8) is 0 Å². The van der Waals surface area contributed by atoms with Gasteiger partial charge in [-0.2, -0.15) is 0 Å². The number of aromatic nitrogens is 1. The van der Waals surface area contributed by atoms with Crippen LogP contribution in [0.3, 0.4) is 0 Å². The summed E-state index contributed by atoms with van der Waals surface area (Å²) in [5.74, 6) is 5.44. The maximum Gasteiger partial charge on any atom is 0.203 e. The maximum atomic E-state index is 5.80. The zero-order valence-electron chi connectivity index (χ0n) is 36.3. The van der Waals surface area contributed by atoms with Crippen LogP contribution in [0.25, 0.3) is 16.8 Å². The monoisotopic (exact) mass is 803 g/mol. The van der Waals surface area contributed by atoms with Crippen LogP contribution in [0.1, 0.15) is 68.6 Å². The van der Waals surface area contributed by atoms with Crippen molar-refractivity contribution in [1.29, 1.82) is 0 Å². The summed E-state index contributed by atoms with van der Waals surface area (Å²) in [7, 11) is 11.8. The van der Waals surface area contributed by atoms with E-state index in [4.69, 9.17) is 38.1 Å². The Hall–Kier alpha value is -5.61. The lowest BCUT2D eigenvalue weighted by atomic mass is 9.98. The first-order chi connectivity index (χ1) is 28.8. The SMILES string of the molecule is C\C=C/C(=C\C(=C\CC)c1cc(OC)c(OC)c(OC)c1)CN1CCC(N(Cc2ccnc(-c3cc(OC)c(OC)c(C4CC4)c3)c2)c2cc(OC)cc(OC)c2)CC1. The molecule has 1 aliphatic carbocycles. The average molecular weight is 804 g/mol. The Kier molecular flexibility index (Phi) is 14.8. The van der Waals surface area contributed by atoms with Gasteiger partial charge in [-0.05, 0) is 104 Å². The maximum absolute atomic E-state index is 5.80. The van der Waals surface area contributed by atoms with Gasteiger partial charge in [-0.15, -0.1) is 0 Å². The Morgan fingerprint density at radius 2 is 1.39 bits per heavy atom. The topological polar surface area (TPSA) is 84.0 Å². The second-order valence-electron chi connectivity index (χ2n) is 15.0. The number of allylic oxidation sites excluding steroid dienone is 4. The molecule has 314 valence electrons. The molecule has 0 spiro atoms. The molecule has 0 bridgehead atoms. The molecule has 59 heavy (non-hydrogen) atoms. The zero-order valence-corrected chi connectivity index (χ0v) is 36.3. The number of hydrogen-bond donors (Lipinski definition) is 0. The molecule has 0 unspecified atom stereocenters. The van der Waals surface area contributed by atoms with Crippen molar-refractivity contribution < 1.29 is 33.2 Å². The van der Waals surface area contributed by atoms with Crippen LogP contribution in [-0.4, -0.2) is 85.3 Å². The number of rotatable bonds is 19. The van der Waals surface area contributed by atoms with Gasteiger partial charge in [0.2, 0.25) is 5.75 Å². The van der Waals surface area contributed by atoms with Crippen molar-refractivity contribution in [2.75, 3.05) is 74.3 Å². The van der Waals surface area contributed by atoms with E-state index in [0.29, 0.717) is 29.7 Å². The molecule has 0 amide bonds. The first-order valence-corrected chi connectivity index (χ1v) is 20.6. The number of piperidine rings is 1. The first kappa shape index (κ1) is 43.0. The van der Waals surface area contributed by atoms with E-state index in [9.17, 15) is 0 Å². The van der Waals surface area contributed by atoms with Crippen LogP contribution in [0.5, 0.6) is 40.2 Å². The standard InChI is InChI=1S/C49H61N3O7/c1-10-12-33(22-36(13-11-2)37-25-46(56-6)49(59-9)47(26-37)57-7)31-51-20-17-39(18-21-51)52(40-28-41(53-3)30-42(29-40)54-4)32-34-16-19-50-44(23-34)38-24-43(35-14-15-35)48(58-8)45(27-38)55-5/h10,12-13,16,19,22-30,35,39H,11,14-15,17-18,20-21,31-32H2,1-9H3/b12-10-,33-22+,36-13-. The van der Waals surface area contributed by atoms with Crippen molar-refractivity contribution in [2.45, 2.75) is 64.5 Å². The van der Waals surface area contributed by atoms with Crippen molar-refractivity contribution >= 4 is 11.3 Å². The highest BCUT2D eigenvalue weighted by molar-refractivity contribution is 5.78. The number of likely N-dealkylation sites (tertiary alicyclic amines) is 1. The van der Waals surface area contributed by atoms with E-state index >= 15 is 0 Å². The van der Waals surface area contributed by atoms with Gasteiger partial charge in [0.05, 0.1) is 55.5 Å². The lowest BCUT2D eigenvalue weighted by Gasteiger charge is -2.40. The van der Waals surface area contributed by atoms with E-state index in [2.05, 4.69) is 78.3 Å². The van der Waals surface area contributed by atoms with Gasteiger partial charge in [-0.25, -0.2) is 0 Å². The molecule has 6 rings (SSSR count). The summed E-state index contributed by atoms with van der Waals surface area (Å²) in [6, 6.07) is 19.1. The molecule has 0 N–H and O–H groups in total. The third-order valence-corrected chi connectivity index (χ3v) is 11.2. The van der Waals surface area contributed by atoms with Crippen LogP contribution in [0, 0.1) is 0 Å². The Labute approximate surface area is 351 Å². The third-order valence-electron chi connectivity index (χ3n) is 11.2. The molecule has 1 saturated carbocycles. The highest BCUT2D eigenvalue weighted by Crippen LogP contribution is 2.49. The van der Waals surface area contributed by atoms with E-state index in [1.165, 1.54) is 16.7 Å². The number of benzene rings is 3. The molecular weight excluding hydrogens is 743 g/mol. The summed E-state index contributed by atoms with van der Waals surface area (Å²) in [5.41, 5.74) is 8.73. The van der Waals surface area contributed by atoms with Gasteiger partial charge in [-0.3, -0.25) is 9.88 Å². The molecule has 1 aromatic heterocycles. The third kappa shape index (κ3) is 10.3. The summed E-state index contributed by atoms with van der Waals surface area (Å²) in [6.45, 7) is 7.66. The summed E-state index contributed by atoms with van der Waals surface area (Å²) >= 11 is 0. The van der Waals surface area contributed by atoms with Crippen LogP contribution in [0.15, 0.2) is 90.7 Å². The first-order valence-electron chi connectivity index (χ1n) is 20.6. The smallest absolute Gasteiger partial charge is 0.203 e. The number of anilines is 1. The molecule has 1 aliphatic heterocycles. The molecule has 0 atom stereocenters. The molecule has 10 heteroatoms. The predicted octanol–water partition coefficient (Wildman–Crippen LogP) is 10.2. The largest absolute Gasteiger partial charge is 0.497 e. The fourth-order valence-electron chi connectivity index (χ4n) is 8.09. The molecule has 3 aromatic carbocycles. The van der Waals surface area contributed by atoms with Gasteiger partial charge in [-0.1, -0.05) is 31.2 Å². The lowest BCUT2D eigenvalue weighted by molar-refractivity contribution is 0.224. The Balaban J connectivity index is 1.26. The molecule has 2 aliphatic rings. The van der Waals surface area contributed by atoms with Gasteiger partial charge < -0.3 is 38.1 Å². The predicted molar refractivity (Wildman–Crippen MR) is 237 cm³/mol. The van der Waals surface area contributed by atoms with E-state index < -0.39 is 0 Å². The molecule has 0 radical (unpaired) electrons. The van der Waals surface area contributed by atoms with Crippen LogP contribution >= 0.6 is 0 Å². The van der Waals surface area contributed by atoms with Gasteiger partial charge in [0, 0.05) is 73.4 Å². The van der Waals surface area contributed by atoms with Crippen molar-refractivity contribution in [1.82, 2.24) is 9.88 Å². The number of hydrogen-bond acceptors (Lipinski definition) is 10. The van der Waals surface area contributed by atoms with E-state index in [1.54, 1.807) is 49.8 Å². The van der Waals surface area contributed by atoms with Gasteiger partial charge in [0.25, 0.3) is 0 Å². The fourth-order valence-corrected chi connectivity index (χ4v) is 8.09. The van der Waals surface area contributed by atoms with Crippen molar-refractivity contribution in [3.05, 3.63) is 107 Å². The second-order valence-corrected chi connectivity index (χ2v) is 15.0. The quantitative estimate of drug-likeness (QED) is 0.0855. The summed E-state index contributed by atoms with van der Waals surface area (Å²) in [6.07, 6.45) is 16.0. The van der Waals surface area contributed by atoms with Crippen LogP contribution in [0.4, 0.5) is 5.69 Å². The Morgan fingerprint density at radius 3 is 1.95 bits per heavy atom. The minimum atomic E-state index is 0.283. The fraction of sp³-hybridized carbons (Fsp3) is 0.408. The minimum Gasteiger partial charge on any atom is -0.497 e. The Morgan fingerprint density at radius 1 is 0.746 bits per heavy atom. The number of methoxy groups -OCH3 is 7.